The molecule has 27 heavy (non-hydrogen) atoms. The molecule has 0 saturated carbocycles. The van der Waals surface area contributed by atoms with Crippen molar-refractivity contribution in [1.29, 1.82) is 0 Å². The van der Waals surface area contributed by atoms with E-state index in [1.165, 1.54) is 5.56 Å². The molecule has 0 radical (unpaired) electrons. The van der Waals surface area contributed by atoms with Crippen LogP contribution in [0.5, 0.6) is 0 Å². The first-order valence-electron chi connectivity index (χ1n) is 9.87. The van der Waals surface area contributed by atoms with Gasteiger partial charge < -0.3 is 9.64 Å². The maximum Gasteiger partial charge on any atom is 0.307 e. The summed E-state index contributed by atoms with van der Waals surface area (Å²) in [5.74, 6) is -0.241. The fourth-order valence-electron chi connectivity index (χ4n) is 3.48. The van der Waals surface area contributed by atoms with E-state index >= 15 is 0 Å². The molecule has 0 aromatic heterocycles. The van der Waals surface area contributed by atoms with Crippen LogP contribution in [0, 0.1) is 0 Å². The highest BCUT2D eigenvalue weighted by atomic mass is 16.5. The van der Waals surface area contributed by atoms with Crippen LogP contribution in [0.1, 0.15) is 45.6 Å². The third-order valence-electron chi connectivity index (χ3n) is 4.80. The molecule has 5 heteroatoms. The Labute approximate surface area is 163 Å². The lowest BCUT2D eigenvalue weighted by Crippen LogP contribution is -2.47. The maximum absolute atomic E-state index is 12.7. The van der Waals surface area contributed by atoms with Gasteiger partial charge in [0.2, 0.25) is 5.91 Å². The van der Waals surface area contributed by atoms with Crippen molar-refractivity contribution in [1.82, 2.24) is 9.80 Å². The Bertz CT molecular complexity index is 630. The second-order valence-electron chi connectivity index (χ2n) is 7.30. The smallest absolute Gasteiger partial charge is 0.307 e. The zero-order valence-corrected chi connectivity index (χ0v) is 16.8. The van der Waals surface area contributed by atoms with Gasteiger partial charge in [-0.2, -0.15) is 0 Å². The minimum atomic E-state index is -0.242. The first-order valence-corrected chi connectivity index (χ1v) is 9.87. The number of piperidine rings is 1. The topological polar surface area (TPSA) is 49.9 Å². The van der Waals surface area contributed by atoms with Crippen molar-refractivity contribution in [2.75, 3.05) is 26.2 Å². The van der Waals surface area contributed by atoms with Gasteiger partial charge in [0.1, 0.15) is 0 Å². The molecule has 0 spiro atoms. The Morgan fingerprint density at radius 1 is 1.19 bits per heavy atom. The summed E-state index contributed by atoms with van der Waals surface area (Å²) in [5, 5.41) is 0. The van der Waals surface area contributed by atoms with Crippen LogP contribution in [0.25, 0.3) is 0 Å². The summed E-state index contributed by atoms with van der Waals surface area (Å²) in [7, 11) is 0. The lowest BCUT2D eigenvalue weighted by molar-refractivity contribution is -0.144. The number of nitrogens with zero attached hydrogens (tertiary/aromatic N) is 2. The lowest BCUT2D eigenvalue weighted by Gasteiger charge is -2.38. The van der Waals surface area contributed by atoms with Crippen molar-refractivity contribution in [3.05, 3.63) is 47.5 Å². The van der Waals surface area contributed by atoms with Crippen LogP contribution in [0.15, 0.2) is 42.0 Å². The van der Waals surface area contributed by atoms with Gasteiger partial charge in [-0.25, -0.2) is 0 Å². The number of esters is 1. The summed E-state index contributed by atoms with van der Waals surface area (Å²) in [4.78, 5) is 28.7. The molecular formula is C22H32N2O3. The minimum Gasteiger partial charge on any atom is -0.466 e. The fraction of sp³-hybridized carbons (Fsp3) is 0.545. The zero-order chi connectivity index (χ0) is 19.6. The van der Waals surface area contributed by atoms with Crippen molar-refractivity contribution in [3.8, 4) is 0 Å². The molecule has 1 aromatic carbocycles. The molecule has 1 aliphatic heterocycles. The van der Waals surface area contributed by atoms with Crippen molar-refractivity contribution in [3.63, 3.8) is 0 Å². The van der Waals surface area contributed by atoms with E-state index in [2.05, 4.69) is 29.2 Å². The molecule has 148 valence electrons. The number of carbonyl (C=O) groups is 2. The van der Waals surface area contributed by atoms with Crippen LogP contribution in [-0.2, 0) is 20.9 Å². The van der Waals surface area contributed by atoms with E-state index in [0.717, 1.165) is 38.0 Å². The SMILES string of the molecule is CCOC(=O)CCN(C(=O)C=C(C)C)C1CCN(Cc2ccccc2)CC1. The molecule has 1 amide bonds. The van der Waals surface area contributed by atoms with Gasteiger partial charge in [-0.1, -0.05) is 35.9 Å². The Balaban J connectivity index is 1.94. The van der Waals surface area contributed by atoms with Gasteiger partial charge in [0.25, 0.3) is 0 Å². The summed E-state index contributed by atoms with van der Waals surface area (Å²) in [6.45, 7) is 9.29. The Morgan fingerprint density at radius 2 is 1.85 bits per heavy atom. The molecular weight excluding hydrogens is 340 g/mol. The molecule has 1 heterocycles. The molecule has 0 atom stereocenters. The number of hydrogen-bond acceptors (Lipinski definition) is 4. The minimum absolute atomic E-state index is 0.000748. The van der Waals surface area contributed by atoms with E-state index in [-0.39, 0.29) is 24.3 Å². The van der Waals surface area contributed by atoms with Crippen LogP contribution in [-0.4, -0.2) is 54.0 Å². The number of ether oxygens (including phenoxy) is 1. The summed E-state index contributed by atoms with van der Waals surface area (Å²) < 4.78 is 5.02. The van der Waals surface area contributed by atoms with Crippen molar-refractivity contribution in [2.24, 2.45) is 0 Å². The van der Waals surface area contributed by atoms with Crippen LogP contribution < -0.4 is 0 Å². The molecule has 5 nitrogen and oxygen atoms in total. The highest BCUT2D eigenvalue weighted by Gasteiger charge is 2.27. The Kier molecular flexibility index (Phi) is 8.52. The quantitative estimate of drug-likeness (QED) is 0.518. The highest BCUT2D eigenvalue weighted by Crippen LogP contribution is 2.20. The highest BCUT2D eigenvalue weighted by molar-refractivity contribution is 5.88. The predicted octanol–water partition coefficient (Wildman–Crippen LogP) is 3.40. The number of rotatable bonds is 8. The second kappa shape index (κ2) is 10.9. The standard InChI is InChI=1S/C22H32N2O3/c1-4-27-22(26)12-15-24(21(25)16-18(2)3)20-10-13-23(14-11-20)17-19-8-6-5-7-9-19/h5-9,16,20H,4,10-15,17H2,1-3H3. The Morgan fingerprint density at radius 3 is 2.44 bits per heavy atom. The largest absolute Gasteiger partial charge is 0.466 e. The summed E-state index contributed by atoms with van der Waals surface area (Å²) in [6, 6.07) is 10.6. The number of allylic oxidation sites excluding steroid dienone is 1. The van der Waals surface area contributed by atoms with E-state index in [9.17, 15) is 9.59 Å². The Hall–Kier alpha value is -2.14. The third-order valence-corrected chi connectivity index (χ3v) is 4.80. The van der Waals surface area contributed by atoms with Gasteiger partial charge in [0.05, 0.1) is 13.0 Å². The van der Waals surface area contributed by atoms with Crippen molar-refractivity contribution in [2.45, 2.75) is 52.6 Å². The number of carbonyl (C=O) groups excluding carboxylic acids is 2. The van der Waals surface area contributed by atoms with Gasteiger partial charge in [0.15, 0.2) is 0 Å². The van der Waals surface area contributed by atoms with Gasteiger partial charge in [-0.15, -0.1) is 0 Å². The number of hydrogen-bond donors (Lipinski definition) is 0. The average Bonchev–Trinajstić information content (AvgIpc) is 2.64. The zero-order valence-electron chi connectivity index (χ0n) is 16.8. The predicted molar refractivity (Wildman–Crippen MR) is 107 cm³/mol. The molecule has 0 aliphatic carbocycles. The van der Waals surface area contributed by atoms with Gasteiger partial charge in [-0.05, 0) is 39.2 Å². The van der Waals surface area contributed by atoms with Crippen LogP contribution in [0.3, 0.4) is 0 Å². The van der Waals surface area contributed by atoms with E-state index in [4.69, 9.17) is 4.74 Å². The van der Waals surface area contributed by atoms with Gasteiger partial charge in [0, 0.05) is 38.3 Å². The first kappa shape index (κ1) is 21.2. The molecule has 0 unspecified atom stereocenters. The van der Waals surface area contributed by atoms with E-state index in [1.54, 1.807) is 13.0 Å². The van der Waals surface area contributed by atoms with Crippen LogP contribution in [0.4, 0.5) is 0 Å². The molecule has 2 rings (SSSR count). The summed E-state index contributed by atoms with van der Waals surface area (Å²) in [5.41, 5.74) is 2.29. The van der Waals surface area contributed by atoms with E-state index < -0.39 is 0 Å². The van der Waals surface area contributed by atoms with Crippen LogP contribution >= 0.6 is 0 Å². The van der Waals surface area contributed by atoms with Crippen molar-refractivity contribution < 1.29 is 14.3 Å². The first-order chi connectivity index (χ1) is 13.0. The fourth-order valence-corrected chi connectivity index (χ4v) is 3.48. The number of benzene rings is 1. The lowest BCUT2D eigenvalue weighted by atomic mass is 10.0. The third kappa shape index (κ3) is 7.18. The molecule has 1 saturated heterocycles. The molecule has 0 bridgehead atoms. The van der Waals surface area contributed by atoms with Crippen molar-refractivity contribution >= 4 is 11.9 Å². The van der Waals surface area contributed by atoms with Gasteiger partial charge >= 0.3 is 5.97 Å². The van der Waals surface area contributed by atoms with E-state index in [1.807, 2.05) is 24.8 Å². The number of likely N-dealkylation sites (tertiary alicyclic amines) is 1. The molecule has 1 fully saturated rings. The normalized spacial score (nSPS) is 15.2. The summed E-state index contributed by atoms with van der Waals surface area (Å²) in [6.07, 6.45) is 3.78. The maximum atomic E-state index is 12.7. The van der Waals surface area contributed by atoms with Gasteiger partial charge in [-0.3, -0.25) is 14.5 Å². The average molecular weight is 373 g/mol. The second-order valence-corrected chi connectivity index (χ2v) is 7.30. The van der Waals surface area contributed by atoms with Crippen LogP contribution in [0.2, 0.25) is 0 Å². The molecule has 1 aliphatic rings. The number of amides is 1. The summed E-state index contributed by atoms with van der Waals surface area (Å²) >= 11 is 0. The molecule has 0 N–H and O–H groups in total. The van der Waals surface area contributed by atoms with E-state index in [0.29, 0.717) is 13.2 Å². The molecule has 1 aromatic rings. The monoisotopic (exact) mass is 372 g/mol.